The predicted octanol–water partition coefficient (Wildman–Crippen LogP) is 9.35. The Kier molecular flexibility index (Phi) is 10.5. The highest BCUT2D eigenvalue weighted by Crippen LogP contribution is 2.77. The fraction of sp³-hybridized carbons (Fsp3) is 0.872. The van der Waals surface area contributed by atoms with Gasteiger partial charge in [-0.15, -0.1) is 0 Å². The van der Waals surface area contributed by atoms with Crippen LogP contribution in [0, 0.1) is 68.0 Å². The maximum absolute atomic E-state index is 15.0. The Morgan fingerprint density at radius 3 is 2.15 bits per heavy atom. The van der Waals surface area contributed by atoms with E-state index in [1.54, 1.807) is 0 Å². The van der Waals surface area contributed by atoms with Gasteiger partial charge in [0, 0.05) is 43.3 Å². The number of fused-ring (bicyclic) bond motifs is 7. The number of nitrogens with one attached hydrogen (secondary N) is 1. The normalized spacial score (nSPS) is 44.0. The highest BCUT2D eigenvalue weighted by molar-refractivity contribution is 5.86. The zero-order valence-electron chi connectivity index (χ0n) is 35.7. The van der Waals surface area contributed by atoms with Gasteiger partial charge in [-0.05, 0) is 154 Å². The van der Waals surface area contributed by atoms with Crippen LogP contribution in [0.3, 0.4) is 0 Å². The third kappa shape index (κ3) is 6.25. The molecule has 1 saturated heterocycles. The average molecular weight is 763 g/mol. The minimum absolute atomic E-state index is 0.0100. The monoisotopic (exact) mass is 763 g/mol. The molecule has 0 spiro atoms. The Bertz CT molecular complexity index is 1560. The van der Waals surface area contributed by atoms with Crippen molar-refractivity contribution in [2.24, 2.45) is 68.0 Å². The Balaban J connectivity index is 1.09. The van der Waals surface area contributed by atoms with E-state index in [0.717, 1.165) is 90.1 Å². The molecule has 6 aliphatic carbocycles. The summed E-state index contributed by atoms with van der Waals surface area (Å²) in [4.78, 5) is 54.6. The molecule has 8 heteroatoms. The topological polar surface area (TPSA) is 113 Å². The second kappa shape index (κ2) is 14.2. The number of carboxylic acid groups (broad SMARTS) is 1. The number of hydrogen-bond acceptors (Lipinski definition) is 5. The number of hydrogen-bond donors (Lipinski definition) is 2. The summed E-state index contributed by atoms with van der Waals surface area (Å²) in [5, 5.41) is 12.7. The lowest BCUT2D eigenvalue weighted by atomic mass is 9.32. The highest BCUT2D eigenvalue weighted by atomic mass is 16.5. The van der Waals surface area contributed by atoms with Gasteiger partial charge in [0.25, 0.3) is 0 Å². The van der Waals surface area contributed by atoms with Gasteiger partial charge >= 0.3 is 11.9 Å². The predicted molar refractivity (Wildman–Crippen MR) is 215 cm³/mol. The average Bonchev–Trinajstić information content (AvgIpc) is 3.53. The van der Waals surface area contributed by atoms with E-state index < -0.39 is 5.97 Å². The molecule has 0 aromatic rings. The molecule has 55 heavy (non-hydrogen) atoms. The van der Waals surface area contributed by atoms with Crippen LogP contribution in [0.1, 0.15) is 165 Å². The summed E-state index contributed by atoms with van der Waals surface area (Å²) in [5.74, 6) is 1.47. The number of piperidine rings is 1. The third-order valence-electron chi connectivity index (χ3n) is 19.0. The summed E-state index contributed by atoms with van der Waals surface area (Å²) in [6, 6.07) is 0.0249. The summed E-state index contributed by atoms with van der Waals surface area (Å²) < 4.78 is 6.17. The van der Waals surface area contributed by atoms with Crippen molar-refractivity contribution in [1.82, 2.24) is 10.2 Å². The smallest absolute Gasteiger partial charge is 0.306 e. The minimum atomic E-state index is -0.877. The number of allylic oxidation sites excluding steroid dienone is 1. The van der Waals surface area contributed by atoms with Crippen LogP contribution in [0.4, 0.5) is 0 Å². The van der Waals surface area contributed by atoms with Crippen molar-refractivity contribution in [3.63, 3.8) is 0 Å². The van der Waals surface area contributed by atoms with Gasteiger partial charge < -0.3 is 20.1 Å². The van der Waals surface area contributed by atoms with Crippen LogP contribution in [-0.2, 0) is 23.9 Å². The van der Waals surface area contributed by atoms with Crippen molar-refractivity contribution < 1.29 is 29.0 Å². The molecule has 0 unspecified atom stereocenters. The number of carboxylic acids is 1. The Hall–Kier alpha value is -2.38. The summed E-state index contributed by atoms with van der Waals surface area (Å²) >= 11 is 0. The van der Waals surface area contributed by atoms with Gasteiger partial charge in [-0.1, -0.05) is 60.6 Å². The number of rotatable bonds is 9. The van der Waals surface area contributed by atoms with Crippen molar-refractivity contribution in [2.75, 3.05) is 13.1 Å². The van der Waals surface area contributed by atoms with Crippen molar-refractivity contribution in [1.29, 1.82) is 0 Å². The number of ether oxygens (including phenoxy) is 1. The molecule has 6 saturated carbocycles. The number of nitrogens with zero attached hydrogens (tertiary/aromatic N) is 1. The largest absolute Gasteiger partial charge is 0.481 e. The van der Waals surface area contributed by atoms with E-state index in [-0.39, 0.29) is 81.2 Å². The van der Waals surface area contributed by atoms with E-state index in [0.29, 0.717) is 36.0 Å². The molecule has 12 atom stereocenters. The molecular weight excluding hydrogens is 689 g/mol. The van der Waals surface area contributed by atoms with E-state index in [4.69, 9.17) is 9.84 Å². The number of carbonyl (C=O) groups is 4. The van der Waals surface area contributed by atoms with E-state index in [1.807, 2.05) is 0 Å². The van der Waals surface area contributed by atoms with E-state index in [2.05, 4.69) is 72.2 Å². The number of aliphatic carboxylic acids is 1. The maximum Gasteiger partial charge on any atom is 0.306 e. The molecule has 2 amide bonds. The molecule has 1 aliphatic heterocycles. The van der Waals surface area contributed by atoms with Gasteiger partial charge in [0.2, 0.25) is 11.8 Å². The van der Waals surface area contributed by atoms with Crippen LogP contribution < -0.4 is 5.32 Å². The first kappa shape index (κ1) is 40.8. The molecule has 7 fully saturated rings. The molecule has 308 valence electrons. The number of likely N-dealkylation sites (tertiary alicyclic amines) is 1. The molecule has 2 N–H and O–H groups in total. The van der Waals surface area contributed by atoms with Crippen molar-refractivity contribution in [3.8, 4) is 0 Å². The zero-order chi connectivity index (χ0) is 39.9. The first-order valence-electron chi connectivity index (χ1n) is 22.4. The van der Waals surface area contributed by atoms with Gasteiger partial charge in [-0.3, -0.25) is 19.2 Å². The summed E-state index contributed by atoms with van der Waals surface area (Å²) in [5.41, 5.74) is 0.805. The molecule has 8 nitrogen and oxygen atoms in total. The lowest BCUT2D eigenvalue weighted by molar-refractivity contribution is -0.249. The SMILES string of the molecule is C=C(C)[C@@H]1CC[C@]2(C(=O)N[C@@H]3C[C@H](C(=O)N4CCCCC4)C3(C)C)CC[C@]3(C)[C@H](CC[C@@H]4[C@@]5(C)CC[C@H](OC(=O)CCCC(=O)O)C(C)(C)[C@@H]5CC[C@]43C)[C@@H]12. The Morgan fingerprint density at radius 2 is 1.49 bits per heavy atom. The molecule has 1 heterocycles. The fourth-order valence-corrected chi connectivity index (χ4v) is 15.5. The summed E-state index contributed by atoms with van der Waals surface area (Å²) in [6.07, 6.45) is 14.9. The quantitative estimate of drug-likeness (QED) is 0.179. The van der Waals surface area contributed by atoms with Gasteiger partial charge in [0.15, 0.2) is 0 Å². The van der Waals surface area contributed by atoms with Crippen molar-refractivity contribution in [3.05, 3.63) is 12.2 Å². The molecule has 0 aromatic heterocycles. The van der Waals surface area contributed by atoms with Crippen molar-refractivity contribution in [2.45, 2.75) is 177 Å². The van der Waals surface area contributed by atoms with Gasteiger partial charge in [0.05, 0.1) is 5.41 Å². The first-order chi connectivity index (χ1) is 25.7. The standard InChI is InChI=1S/C47H74N2O6/c1-29(2)30-18-23-47(41(54)48-35-28-32(42(35,3)4)40(53)49-26-11-10-12-27-49)25-24-45(8)31(39(30)47)16-17-34-44(7)21-20-36(55-38(52)15-13-14-37(50)51)43(5,6)33(44)19-22-46(34,45)9/h30-36,39H,1,10-28H2,2-9H3,(H,48,54)(H,50,51)/t30-,31+,32+,33-,34+,35+,36-,39+,44-,45+,46+,47-/m0/s1. The molecule has 0 aromatic carbocycles. The van der Waals surface area contributed by atoms with Crippen molar-refractivity contribution >= 4 is 23.8 Å². The number of carbonyl (C=O) groups excluding carboxylic acids is 3. The van der Waals surface area contributed by atoms with Crippen LogP contribution in [0.25, 0.3) is 0 Å². The maximum atomic E-state index is 15.0. The van der Waals surface area contributed by atoms with Crippen LogP contribution >= 0.6 is 0 Å². The van der Waals surface area contributed by atoms with Gasteiger partial charge in [0.1, 0.15) is 6.10 Å². The second-order valence-corrected chi connectivity index (χ2v) is 21.9. The third-order valence-corrected chi connectivity index (χ3v) is 19.0. The van der Waals surface area contributed by atoms with E-state index >= 15 is 0 Å². The van der Waals surface area contributed by atoms with Crippen LogP contribution in [0.5, 0.6) is 0 Å². The highest BCUT2D eigenvalue weighted by Gasteiger charge is 2.72. The summed E-state index contributed by atoms with van der Waals surface area (Å²) in [6.45, 7) is 25.4. The zero-order valence-corrected chi connectivity index (χ0v) is 35.7. The van der Waals surface area contributed by atoms with E-state index in [1.165, 1.54) is 18.4 Å². The number of esters is 1. The lowest BCUT2D eigenvalue weighted by Crippen LogP contribution is -2.68. The van der Waals surface area contributed by atoms with Crippen LogP contribution in [0.15, 0.2) is 12.2 Å². The molecular formula is C47H74N2O6. The Labute approximate surface area is 332 Å². The van der Waals surface area contributed by atoms with Crippen LogP contribution in [0.2, 0.25) is 0 Å². The molecule has 7 rings (SSSR count). The molecule has 0 bridgehead atoms. The Morgan fingerprint density at radius 1 is 0.782 bits per heavy atom. The molecule has 7 aliphatic rings. The second-order valence-electron chi connectivity index (χ2n) is 21.9. The summed E-state index contributed by atoms with van der Waals surface area (Å²) in [7, 11) is 0. The van der Waals surface area contributed by atoms with Gasteiger partial charge in [-0.2, -0.15) is 0 Å². The fourth-order valence-electron chi connectivity index (χ4n) is 15.5. The van der Waals surface area contributed by atoms with Gasteiger partial charge in [-0.25, -0.2) is 0 Å². The van der Waals surface area contributed by atoms with Crippen LogP contribution in [-0.4, -0.2) is 59.0 Å². The first-order valence-corrected chi connectivity index (χ1v) is 22.4. The lowest BCUT2D eigenvalue weighted by Gasteiger charge is -2.73. The molecule has 0 radical (unpaired) electrons. The number of amides is 2. The van der Waals surface area contributed by atoms with E-state index in [9.17, 15) is 19.2 Å². The minimum Gasteiger partial charge on any atom is -0.481 e.